The van der Waals surface area contributed by atoms with Crippen LogP contribution in [0.3, 0.4) is 0 Å². The number of nitriles is 1. The summed E-state index contributed by atoms with van der Waals surface area (Å²) >= 11 is 0. The van der Waals surface area contributed by atoms with Crippen molar-refractivity contribution in [2.45, 2.75) is 44.8 Å². The number of benzene rings is 1. The van der Waals surface area contributed by atoms with Gasteiger partial charge in [-0.25, -0.2) is 0 Å². The summed E-state index contributed by atoms with van der Waals surface area (Å²) < 4.78 is 6.57. The topological polar surface area (TPSA) is 77.4 Å². The van der Waals surface area contributed by atoms with Gasteiger partial charge in [0.25, 0.3) is 5.91 Å². The highest BCUT2D eigenvalue weighted by Crippen LogP contribution is 2.36. The van der Waals surface area contributed by atoms with Crippen molar-refractivity contribution in [3.05, 3.63) is 82.2 Å². The molecule has 1 aromatic rings. The Hall–Kier alpha value is -3.72. The first kappa shape index (κ1) is 22.1. The smallest absolute Gasteiger partial charge is 0.251 e. The summed E-state index contributed by atoms with van der Waals surface area (Å²) in [7, 11) is 0. The number of nitrogens with zero attached hydrogens (tertiary/aromatic N) is 2. The van der Waals surface area contributed by atoms with Crippen LogP contribution in [0.2, 0.25) is 0 Å². The first-order valence-electron chi connectivity index (χ1n) is 12.0. The van der Waals surface area contributed by atoms with Gasteiger partial charge in [0, 0.05) is 67.3 Å². The van der Waals surface area contributed by atoms with Gasteiger partial charge in [-0.2, -0.15) is 5.26 Å². The molecule has 4 aliphatic rings. The van der Waals surface area contributed by atoms with E-state index < -0.39 is 0 Å². The fraction of sp³-hybridized carbons (Fsp3) is 0.357. The minimum absolute atomic E-state index is 0.0753. The molecule has 1 aromatic carbocycles. The zero-order valence-electron chi connectivity index (χ0n) is 19.5. The number of piperidine rings is 1. The van der Waals surface area contributed by atoms with E-state index in [2.05, 4.69) is 41.0 Å². The molecular weight excluding hydrogens is 424 g/mol. The molecule has 6 heteroatoms. The summed E-state index contributed by atoms with van der Waals surface area (Å²) in [6, 6.07) is 6.63. The summed E-state index contributed by atoms with van der Waals surface area (Å²) in [5.74, 6) is 1.20. The average Bonchev–Trinajstić information content (AvgIpc) is 2.89. The van der Waals surface area contributed by atoms with Gasteiger partial charge in [-0.15, -0.1) is 0 Å². The number of carbonyl (C=O) groups is 1. The van der Waals surface area contributed by atoms with E-state index in [1.807, 2.05) is 42.3 Å². The molecule has 1 atom stereocenters. The van der Waals surface area contributed by atoms with Crippen LogP contribution < -0.4 is 15.4 Å². The quantitative estimate of drug-likeness (QED) is 0.718. The molecule has 0 saturated carbocycles. The zero-order valence-corrected chi connectivity index (χ0v) is 19.5. The van der Waals surface area contributed by atoms with E-state index in [0.29, 0.717) is 25.2 Å². The molecule has 1 unspecified atom stereocenters. The minimum atomic E-state index is 0.0753. The lowest BCUT2D eigenvalue weighted by atomic mass is 9.87. The van der Waals surface area contributed by atoms with Crippen molar-refractivity contribution in [3.8, 4) is 11.8 Å². The highest BCUT2D eigenvalue weighted by Gasteiger charge is 2.27. The van der Waals surface area contributed by atoms with Crippen molar-refractivity contribution in [2.75, 3.05) is 19.6 Å². The first-order chi connectivity index (χ1) is 16.6. The summed E-state index contributed by atoms with van der Waals surface area (Å²) in [5, 5.41) is 15.9. The van der Waals surface area contributed by atoms with Crippen LogP contribution in [-0.2, 0) is 11.3 Å². The predicted octanol–water partition coefficient (Wildman–Crippen LogP) is 4.06. The SMILES string of the molecule is CC1=CC=C(C(=O)N2CCC(Oc3cc(C4C=C(C#N)C=CC4)cc4c3CNC=C4)CC2)CN1. The minimum Gasteiger partial charge on any atom is -0.490 e. The van der Waals surface area contributed by atoms with Gasteiger partial charge in [-0.1, -0.05) is 24.3 Å². The number of ether oxygens (including phenoxy) is 1. The number of dihydropyridines is 1. The largest absolute Gasteiger partial charge is 0.490 e. The van der Waals surface area contributed by atoms with Gasteiger partial charge in [0.1, 0.15) is 11.9 Å². The Bertz CT molecular complexity index is 1170. The molecule has 1 aliphatic carbocycles. The van der Waals surface area contributed by atoms with Crippen molar-refractivity contribution < 1.29 is 9.53 Å². The lowest BCUT2D eigenvalue weighted by Gasteiger charge is -2.34. The Labute approximate surface area is 201 Å². The summed E-state index contributed by atoms with van der Waals surface area (Å²) in [6.45, 7) is 4.73. The predicted molar refractivity (Wildman–Crippen MR) is 133 cm³/mol. The molecule has 174 valence electrons. The van der Waals surface area contributed by atoms with E-state index in [1.54, 1.807) is 0 Å². The molecular formula is C28H30N4O2. The van der Waals surface area contributed by atoms with E-state index in [4.69, 9.17) is 4.74 Å². The lowest BCUT2D eigenvalue weighted by molar-refractivity contribution is -0.128. The Morgan fingerprint density at radius 3 is 2.79 bits per heavy atom. The van der Waals surface area contributed by atoms with Crippen LogP contribution in [0.1, 0.15) is 48.8 Å². The maximum atomic E-state index is 12.9. The van der Waals surface area contributed by atoms with Gasteiger partial charge >= 0.3 is 0 Å². The molecule has 1 amide bonds. The molecule has 0 aromatic heterocycles. The Morgan fingerprint density at radius 2 is 2.03 bits per heavy atom. The number of carbonyl (C=O) groups excluding carboxylic acids is 1. The van der Waals surface area contributed by atoms with Crippen LogP contribution in [0.15, 0.2) is 65.6 Å². The van der Waals surface area contributed by atoms with E-state index in [9.17, 15) is 10.1 Å². The molecule has 3 heterocycles. The van der Waals surface area contributed by atoms with Crippen LogP contribution >= 0.6 is 0 Å². The second kappa shape index (κ2) is 9.64. The van der Waals surface area contributed by atoms with E-state index in [1.165, 1.54) is 16.7 Å². The van der Waals surface area contributed by atoms with E-state index in [0.717, 1.165) is 42.8 Å². The summed E-state index contributed by atoms with van der Waals surface area (Å²) in [6.07, 6.45) is 16.5. The van der Waals surface area contributed by atoms with E-state index in [-0.39, 0.29) is 17.9 Å². The van der Waals surface area contributed by atoms with Gasteiger partial charge in [0.05, 0.1) is 6.07 Å². The number of allylic oxidation sites excluding steroid dienone is 7. The highest BCUT2D eigenvalue weighted by atomic mass is 16.5. The molecule has 2 N–H and O–H groups in total. The number of likely N-dealkylation sites (tertiary alicyclic amines) is 1. The standard InChI is InChI=1S/C28H30N4O2/c1-19-5-6-23(17-31-19)28(33)32-11-8-25(9-12-32)34-27-15-24(14-22-7-10-30-18-26(22)27)21-4-2-3-20(13-21)16-29/h2-3,5-7,10,13-15,21,25,30-31H,4,8-9,11-12,17-18H2,1H3. The Kier molecular flexibility index (Phi) is 6.27. The number of rotatable bonds is 4. The average molecular weight is 455 g/mol. The van der Waals surface area contributed by atoms with Gasteiger partial charge < -0.3 is 20.3 Å². The second-order valence-electron chi connectivity index (χ2n) is 9.28. The number of amides is 1. The molecule has 0 bridgehead atoms. The fourth-order valence-corrected chi connectivity index (χ4v) is 4.93. The first-order valence-corrected chi connectivity index (χ1v) is 12.0. The van der Waals surface area contributed by atoms with Crippen molar-refractivity contribution in [3.63, 3.8) is 0 Å². The van der Waals surface area contributed by atoms with Gasteiger partial charge in [0.15, 0.2) is 0 Å². The van der Waals surface area contributed by atoms with Crippen LogP contribution in [-0.4, -0.2) is 36.5 Å². The van der Waals surface area contributed by atoms with Gasteiger partial charge in [-0.05, 0) is 55.0 Å². The van der Waals surface area contributed by atoms with Crippen LogP contribution in [0.25, 0.3) is 6.08 Å². The Balaban J connectivity index is 1.30. The Morgan fingerprint density at radius 1 is 1.18 bits per heavy atom. The maximum Gasteiger partial charge on any atom is 0.251 e. The van der Waals surface area contributed by atoms with Crippen LogP contribution in [0.4, 0.5) is 0 Å². The summed E-state index contributed by atoms with van der Waals surface area (Å²) in [5.41, 5.74) is 6.12. The third-order valence-electron chi connectivity index (χ3n) is 6.94. The monoisotopic (exact) mass is 454 g/mol. The molecule has 34 heavy (non-hydrogen) atoms. The van der Waals surface area contributed by atoms with Crippen molar-refractivity contribution in [2.24, 2.45) is 0 Å². The molecule has 1 saturated heterocycles. The number of hydrogen-bond donors (Lipinski definition) is 2. The van der Waals surface area contributed by atoms with Gasteiger partial charge in [0.2, 0.25) is 0 Å². The molecule has 5 rings (SSSR count). The van der Waals surface area contributed by atoms with Crippen LogP contribution in [0, 0.1) is 11.3 Å². The molecule has 0 radical (unpaired) electrons. The number of nitrogens with one attached hydrogen (secondary N) is 2. The highest BCUT2D eigenvalue weighted by molar-refractivity contribution is 5.94. The molecule has 3 aliphatic heterocycles. The fourth-order valence-electron chi connectivity index (χ4n) is 4.93. The molecule has 1 fully saturated rings. The second-order valence-corrected chi connectivity index (χ2v) is 9.28. The summed E-state index contributed by atoms with van der Waals surface area (Å²) in [4.78, 5) is 14.8. The van der Waals surface area contributed by atoms with Crippen molar-refractivity contribution in [1.82, 2.24) is 15.5 Å². The molecule has 0 spiro atoms. The lowest BCUT2D eigenvalue weighted by Crippen LogP contribution is -2.43. The third-order valence-corrected chi connectivity index (χ3v) is 6.94. The van der Waals surface area contributed by atoms with Crippen LogP contribution in [0.5, 0.6) is 5.75 Å². The third kappa shape index (κ3) is 4.65. The number of hydrogen-bond acceptors (Lipinski definition) is 5. The molecule has 6 nitrogen and oxygen atoms in total. The zero-order chi connectivity index (χ0) is 23.5. The van der Waals surface area contributed by atoms with E-state index >= 15 is 0 Å². The number of fused-ring (bicyclic) bond motifs is 1. The van der Waals surface area contributed by atoms with Crippen molar-refractivity contribution in [1.29, 1.82) is 5.26 Å². The maximum absolute atomic E-state index is 12.9. The van der Waals surface area contributed by atoms with Gasteiger partial charge in [-0.3, -0.25) is 4.79 Å². The normalized spacial score (nSPS) is 21.8. The van der Waals surface area contributed by atoms with Crippen molar-refractivity contribution >= 4 is 12.0 Å².